The van der Waals surface area contributed by atoms with Crippen LogP contribution in [0.1, 0.15) is 29.1 Å². The van der Waals surface area contributed by atoms with Gasteiger partial charge in [-0.15, -0.1) is 11.3 Å². The molecule has 1 aliphatic heterocycles. The van der Waals surface area contributed by atoms with E-state index in [-0.39, 0.29) is 5.91 Å². The number of aromatic nitrogens is 3. The monoisotopic (exact) mass is 538 g/mol. The molecule has 0 spiro atoms. The minimum Gasteiger partial charge on any atom is -0.487 e. The van der Waals surface area contributed by atoms with Gasteiger partial charge >= 0.3 is 0 Å². The number of hydrogen-bond acceptors (Lipinski definition) is 6. The Morgan fingerprint density at radius 1 is 1.10 bits per heavy atom. The minimum absolute atomic E-state index is 0.0846. The number of fused-ring (bicyclic) bond motifs is 2. The van der Waals surface area contributed by atoms with Crippen molar-refractivity contribution in [2.75, 3.05) is 13.2 Å². The Morgan fingerprint density at radius 2 is 1.97 bits per heavy atom. The first-order chi connectivity index (χ1) is 19.0. The summed E-state index contributed by atoms with van der Waals surface area (Å²) in [7, 11) is 0. The fourth-order valence-corrected chi connectivity index (χ4v) is 6.03. The first kappa shape index (κ1) is 25.1. The fraction of sp³-hybridized carbons (Fsp3) is 0.258. The van der Waals surface area contributed by atoms with Crippen molar-refractivity contribution in [3.05, 3.63) is 94.9 Å². The molecule has 7 nitrogen and oxygen atoms in total. The van der Waals surface area contributed by atoms with Gasteiger partial charge in [-0.2, -0.15) is 5.10 Å². The van der Waals surface area contributed by atoms with Crippen molar-refractivity contribution in [2.24, 2.45) is 0 Å². The highest BCUT2D eigenvalue weighted by Crippen LogP contribution is 2.42. The van der Waals surface area contributed by atoms with E-state index in [1.54, 1.807) is 17.5 Å². The minimum atomic E-state index is 0.0846. The third-order valence-corrected chi connectivity index (χ3v) is 7.95. The molecule has 2 aromatic carbocycles. The summed E-state index contributed by atoms with van der Waals surface area (Å²) in [4.78, 5) is 19.6. The average Bonchev–Trinajstić information content (AvgIpc) is 3.44. The number of carbonyl (C=O) groups is 1. The second-order valence-corrected chi connectivity index (χ2v) is 10.7. The summed E-state index contributed by atoms with van der Waals surface area (Å²) in [5.41, 5.74) is 5.99. The van der Waals surface area contributed by atoms with Gasteiger partial charge in [0.25, 0.3) is 0 Å². The molecular weight excluding hydrogens is 508 g/mol. The maximum absolute atomic E-state index is 13.3. The molecule has 8 heteroatoms. The molecule has 0 fully saturated rings. The number of benzene rings is 2. The van der Waals surface area contributed by atoms with Gasteiger partial charge in [-0.1, -0.05) is 24.3 Å². The molecule has 0 atom stereocenters. The number of carbonyl (C=O) groups excluding carboxylic acids is 1. The second-order valence-electron chi connectivity index (χ2n) is 9.78. The number of aryl methyl sites for hydroxylation is 3. The van der Waals surface area contributed by atoms with Crippen molar-refractivity contribution in [3.8, 4) is 22.6 Å². The van der Waals surface area contributed by atoms with Crippen LogP contribution in [0, 0.1) is 13.8 Å². The molecule has 0 radical (unpaired) electrons. The molecule has 1 amide bonds. The zero-order chi connectivity index (χ0) is 26.8. The highest BCUT2D eigenvalue weighted by Gasteiger charge is 2.24. The second kappa shape index (κ2) is 10.9. The number of hydrogen-bond donors (Lipinski definition) is 0. The van der Waals surface area contributed by atoms with E-state index in [4.69, 9.17) is 9.47 Å². The maximum Gasteiger partial charge on any atom is 0.224 e. The molecule has 39 heavy (non-hydrogen) atoms. The van der Waals surface area contributed by atoms with E-state index in [1.165, 1.54) is 10.1 Å². The predicted octanol–water partition coefficient (Wildman–Crippen LogP) is 6.17. The smallest absolute Gasteiger partial charge is 0.224 e. The third-order valence-electron chi connectivity index (χ3n) is 6.99. The zero-order valence-corrected chi connectivity index (χ0v) is 22.9. The summed E-state index contributed by atoms with van der Waals surface area (Å²) in [6, 6.07) is 20.4. The summed E-state index contributed by atoms with van der Waals surface area (Å²) >= 11 is 1.72. The summed E-state index contributed by atoms with van der Waals surface area (Å²) in [5.74, 6) is 1.45. The molecule has 6 rings (SSSR count). The topological polar surface area (TPSA) is 69.5 Å². The Hall–Kier alpha value is -4.17. The van der Waals surface area contributed by atoms with Crippen molar-refractivity contribution in [3.63, 3.8) is 0 Å². The largest absolute Gasteiger partial charge is 0.487 e. The lowest BCUT2D eigenvalue weighted by atomic mass is 10.0. The molecule has 1 aliphatic rings. The first-order valence-corrected chi connectivity index (χ1v) is 14.0. The lowest BCUT2D eigenvalue weighted by molar-refractivity contribution is -0.132. The van der Waals surface area contributed by atoms with Crippen LogP contribution in [0.3, 0.4) is 0 Å². The molecule has 0 saturated carbocycles. The van der Waals surface area contributed by atoms with Crippen molar-refractivity contribution < 1.29 is 14.3 Å². The summed E-state index contributed by atoms with van der Waals surface area (Å²) in [5, 5.41) is 7.89. The van der Waals surface area contributed by atoms with Gasteiger partial charge < -0.3 is 14.4 Å². The molecule has 5 aromatic rings. The van der Waals surface area contributed by atoms with Crippen LogP contribution in [0.2, 0.25) is 0 Å². The molecule has 4 heterocycles. The van der Waals surface area contributed by atoms with E-state index in [0.29, 0.717) is 50.8 Å². The van der Waals surface area contributed by atoms with E-state index < -0.39 is 0 Å². The quantitative estimate of drug-likeness (QED) is 0.248. The molecule has 0 aliphatic carbocycles. The highest BCUT2D eigenvalue weighted by molar-refractivity contribution is 7.17. The number of amides is 1. The van der Waals surface area contributed by atoms with Crippen LogP contribution in [-0.4, -0.2) is 38.7 Å². The Kier molecular flexibility index (Phi) is 7.02. The normalized spacial score (nSPS) is 13.1. The Morgan fingerprint density at radius 3 is 2.79 bits per heavy atom. The lowest BCUT2D eigenvalue weighted by Crippen LogP contribution is -2.33. The van der Waals surface area contributed by atoms with Gasteiger partial charge in [0.2, 0.25) is 5.91 Å². The molecule has 0 saturated heterocycles. The van der Waals surface area contributed by atoms with Gasteiger partial charge in [0.15, 0.2) is 11.5 Å². The highest BCUT2D eigenvalue weighted by atomic mass is 32.1. The third kappa shape index (κ3) is 5.38. The van der Waals surface area contributed by atoms with E-state index in [1.807, 2.05) is 47.7 Å². The molecule has 0 N–H and O–H groups in total. The van der Waals surface area contributed by atoms with E-state index in [9.17, 15) is 4.79 Å². The fourth-order valence-electron chi connectivity index (χ4n) is 5.06. The van der Waals surface area contributed by atoms with Crippen molar-refractivity contribution in [1.82, 2.24) is 19.7 Å². The maximum atomic E-state index is 13.3. The number of nitrogens with zero attached hydrogens (tertiary/aromatic N) is 4. The van der Waals surface area contributed by atoms with E-state index >= 15 is 0 Å². The molecule has 3 aromatic heterocycles. The summed E-state index contributed by atoms with van der Waals surface area (Å²) < 4.78 is 15.7. The zero-order valence-electron chi connectivity index (χ0n) is 22.1. The van der Waals surface area contributed by atoms with Gasteiger partial charge in [0.1, 0.15) is 13.2 Å². The van der Waals surface area contributed by atoms with Crippen LogP contribution in [0.25, 0.3) is 21.2 Å². The van der Waals surface area contributed by atoms with Crippen LogP contribution in [0.15, 0.2) is 72.2 Å². The Bertz CT molecular complexity index is 1630. The van der Waals surface area contributed by atoms with Crippen LogP contribution < -0.4 is 9.47 Å². The van der Waals surface area contributed by atoms with Gasteiger partial charge in [0, 0.05) is 52.6 Å². The number of thiophene rings is 1. The lowest BCUT2D eigenvalue weighted by Gasteiger charge is -2.20. The van der Waals surface area contributed by atoms with Crippen molar-refractivity contribution >= 4 is 27.3 Å². The van der Waals surface area contributed by atoms with Crippen LogP contribution in [0.4, 0.5) is 0 Å². The van der Waals surface area contributed by atoms with E-state index in [2.05, 4.69) is 51.9 Å². The van der Waals surface area contributed by atoms with Crippen LogP contribution in [0.5, 0.6) is 11.5 Å². The van der Waals surface area contributed by atoms with Gasteiger partial charge in [-0.05, 0) is 61.2 Å². The Labute approximate surface area is 231 Å². The van der Waals surface area contributed by atoms with Crippen LogP contribution >= 0.6 is 11.3 Å². The van der Waals surface area contributed by atoms with Crippen molar-refractivity contribution in [2.45, 2.75) is 40.0 Å². The van der Waals surface area contributed by atoms with Gasteiger partial charge in [0.05, 0.1) is 17.9 Å². The Balaban J connectivity index is 1.31. The summed E-state index contributed by atoms with van der Waals surface area (Å²) in [6.07, 6.45) is 2.15. The molecule has 0 bridgehead atoms. The average molecular weight is 539 g/mol. The predicted molar refractivity (Wildman–Crippen MR) is 153 cm³/mol. The standard InChI is InChI=1S/C31H30N4O3S/c1-21-15-22(2)35(33-21)12-10-30(36)34-13-14-37-31-24(18-34)16-23(27-20-39-29-9-4-3-8-26(27)29)17-28(31)38-19-25-7-5-6-11-32-25/h3-9,11,15-17,20H,10,12-14,18-19H2,1-2H3. The van der Waals surface area contributed by atoms with Gasteiger partial charge in [-0.3, -0.25) is 14.5 Å². The summed E-state index contributed by atoms with van der Waals surface area (Å²) in [6.45, 7) is 6.25. The molecular formula is C31H30N4O3S. The SMILES string of the molecule is Cc1cc(C)n(CCC(=O)N2CCOc3c(cc(-c4csc5ccccc45)cc3OCc3ccccn3)C2)n1. The number of rotatable bonds is 7. The molecule has 0 unspecified atom stereocenters. The van der Waals surface area contributed by atoms with Gasteiger partial charge in [-0.25, -0.2) is 0 Å². The molecule has 198 valence electrons. The van der Waals surface area contributed by atoms with E-state index in [0.717, 1.165) is 33.8 Å². The number of ether oxygens (including phenoxy) is 2. The van der Waals surface area contributed by atoms with Crippen molar-refractivity contribution in [1.29, 1.82) is 0 Å². The van der Waals surface area contributed by atoms with Crippen LogP contribution in [-0.2, 0) is 24.5 Å². The first-order valence-electron chi connectivity index (χ1n) is 13.1. The number of pyridine rings is 1.